The molecule has 0 unspecified atom stereocenters. The summed E-state index contributed by atoms with van der Waals surface area (Å²) in [6.07, 6.45) is 0.719. The van der Waals surface area contributed by atoms with E-state index in [9.17, 15) is 17.6 Å². The molecule has 8 nitrogen and oxygen atoms in total. The number of carbonyl (C=O) groups is 1. The number of rotatable bonds is 5. The molecule has 204 valence electrons. The molecular weight excluding hydrogens is 523 g/mol. The van der Waals surface area contributed by atoms with E-state index in [4.69, 9.17) is 13.9 Å². The third-order valence-electron chi connectivity index (χ3n) is 6.58. The Morgan fingerprint density at radius 3 is 2.28 bits per heavy atom. The van der Waals surface area contributed by atoms with Gasteiger partial charge in [0, 0.05) is 29.6 Å². The minimum atomic E-state index is -3.64. The van der Waals surface area contributed by atoms with Crippen molar-refractivity contribution in [1.29, 1.82) is 0 Å². The van der Waals surface area contributed by atoms with E-state index in [0.29, 0.717) is 50.6 Å². The maximum Gasteiger partial charge on any atom is 0.255 e. The van der Waals surface area contributed by atoms with Gasteiger partial charge in [0.1, 0.15) is 28.7 Å². The normalized spacial score (nSPS) is 17.0. The van der Waals surface area contributed by atoms with Crippen LogP contribution in [-0.2, 0) is 14.8 Å². The summed E-state index contributed by atoms with van der Waals surface area (Å²) in [4.78, 5) is 13.1. The van der Waals surface area contributed by atoms with Crippen molar-refractivity contribution in [1.82, 2.24) is 5.32 Å². The predicted octanol–water partition coefficient (Wildman–Crippen LogP) is 6.03. The summed E-state index contributed by atoms with van der Waals surface area (Å²) in [7, 11) is -2.10. The number of hydrogen-bond acceptors (Lipinski definition) is 6. The fourth-order valence-corrected chi connectivity index (χ4v) is 5.92. The number of amides is 1. The maximum atomic E-state index is 13.2. The molecule has 1 atom stereocenters. The van der Waals surface area contributed by atoms with Gasteiger partial charge in [-0.1, -0.05) is 0 Å². The zero-order valence-corrected chi connectivity index (χ0v) is 23.1. The van der Waals surface area contributed by atoms with Crippen molar-refractivity contribution >= 4 is 32.6 Å². The summed E-state index contributed by atoms with van der Waals surface area (Å²) in [6.45, 7) is 5.67. The topological polar surface area (TPSA) is 98.1 Å². The van der Waals surface area contributed by atoms with E-state index in [2.05, 4.69) is 5.32 Å². The predicted molar refractivity (Wildman–Crippen MR) is 147 cm³/mol. The van der Waals surface area contributed by atoms with Gasteiger partial charge in [0.15, 0.2) is 0 Å². The molecule has 5 rings (SSSR count). The van der Waals surface area contributed by atoms with E-state index in [1.807, 2.05) is 20.8 Å². The number of sulfonamides is 1. The summed E-state index contributed by atoms with van der Waals surface area (Å²) in [5.41, 5.74) is 1.67. The third kappa shape index (κ3) is 5.22. The first kappa shape index (κ1) is 26.7. The van der Waals surface area contributed by atoms with Crippen molar-refractivity contribution < 1.29 is 31.5 Å². The van der Waals surface area contributed by atoms with Crippen LogP contribution < -0.4 is 14.4 Å². The molecule has 0 radical (unpaired) electrons. The first-order valence-corrected chi connectivity index (χ1v) is 14.2. The van der Waals surface area contributed by atoms with Crippen LogP contribution in [0.25, 0.3) is 22.3 Å². The lowest BCUT2D eigenvalue weighted by Crippen LogP contribution is -2.42. The van der Waals surface area contributed by atoms with Crippen LogP contribution in [-0.4, -0.2) is 39.8 Å². The van der Waals surface area contributed by atoms with Crippen LogP contribution in [0.3, 0.4) is 0 Å². The lowest BCUT2D eigenvalue weighted by molar-refractivity contribution is -0.0542. The molecule has 0 saturated heterocycles. The highest BCUT2D eigenvalue weighted by atomic mass is 32.2. The van der Waals surface area contributed by atoms with Crippen LogP contribution in [0.2, 0.25) is 0 Å². The number of fused-ring (bicyclic) bond motifs is 2. The number of hydrogen-bond donors (Lipinski definition) is 1. The molecule has 39 heavy (non-hydrogen) atoms. The van der Waals surface area contributed by atoms with Crippen molar-refractivity contribution in [2.24, 2.45) is 0 Å². The number of halogens is 1. The molecule has 3 aromatic carbocycles. The van der Waals surface area contributed by atoms with E-state index in [1.165, 1.54) is 35.6 Å². The Kier molecular flexibility index (Phi) is 6.64. The second kappa shape index (κ2) is 9.69. The zero-order chi connectivity index (χ0) is 28.1. The fraction of sp³-hybridized carbons (Fsp3) is 0.276. The highest BCUT2D eigenvalue weighted by Gasteiger charge is 2.37. The van der Waals surface area contributed by atoms with Gasteiger partial charge in [0.05, 0.1) is 35.8 Å². The molecule has 4 aromatic rings. The molecule has 1 aliphatic rings. The van der Waals surface area contributed by atoms with E-state index < -0.39 is 21.7 Å². The third-order valence-corrected chi connectivity index (χ3v) is 7.71. The van der Waals surface area contributed by atoms with E-state index in [0.717, 1.165) is 6.26 Å². The maximum absolute atomic E-state index is 13.2. The second-order valence-electron chi connectivity index (χ2n) is 10.2. The van der Waals surface area contributed by atoms with Gasteiger partial charge in [-0.25, -0.2) is 12.8 Å². The number of benzene rings is 3. The molecule has 0 bridgehead atoms. The van der Waals surface area contributed by atoms with Gasteiger partial charge < -0.3 is 19.2 Å². The van der Waals surface area contributed by atoms with Gasteiger partial charge in [-0.15, -0.1) is 0 Å². The van der Waals surface area contributed by atoms with Crippen molar-refractivity contribution in [3.63, 3.8) is 0 Å². The number of furan rings is 1. The van der Waals surface area contributed by atoms with Crippen molar-refractivity contribution in [2.75, 3.05) is 24.2 Å². The number of nitrogens with zero attached hydrogens (tertiary/aromatic N) is 1. The van der Waals surface area contributed by atoms with Crippen molar-refractivity contribution in [3.8, 4) is 22.8 Å². The number of anilines is 1. The summed E-state index contributed by atoms with van der Waals surface area (Å²) < 4.78 is 58.4. The average molecular weight is 553 g/mol. The lowest BCUT2D eigenvalue weighted by Gasteiger charge is -2.30. The largest absolute Gasteiger partial charge is 0.457 e. The zero-order valence-electron chi connectivity index (χ0n) is 22.2. The number of carbonyl (C=O) groups excluding carboxylic acids is 1. The Hall–Kier alpha value is -3.89. The van der Waals surface area contributed by atoms with Crippen LogP contribution in [0.15, 0.2) is 65.1 Å². The molecule has 0 fully saturated rings. The Morgan fingerprint density at radius 1 is 1.08 bits per heavy atom. The van der Waals surface area contributed by atoms with Gasteiger partial charge in [0.25, 0.3) is 5.91 Å². The van der Waals surface area contributed by atoms with Gasteiger partial charge in [-0.3, -0.25) is 9.10 Å². The molecule has 0 aliphatic carbocycles. The van der Waals surface area contributed by atoms with Gasteiger partial charge >= 0.3 is 0 Å². The Balaban J connectivity index is 1.63. The first-order valence-electron chi connectivity index (χ1n) is 12.4. The molecule has 0 spiro atoms. The van der Waals surface area contributed by atoms with Crippen LogP contribution in [0.5, 0.6) is 11.5 Å². The SMILES string of the molecule is CNC(=O)c1c(-c2ccc(Oc3ccc(F)cc3)cc2)oc2cc3c(cc12)[C@H](C)OC(C)(C)CN3S(C)(=O)=O. The summed E-state index contributed by atoms with van der Waals surface area (Å²) in [5.74, 6) is 0.629. The smallest absolute Gasteiger partial charge is 0.255 e. The van der Waals surface area contributed by atoms with Crippen LogP contribution in [0, 0.1) is 5.82 Å². The number of ether oxygens (including phenoxy) is 2. The molecule has 1 aromatic heterocycles. The second-order valence-corrected chi connectivity index (χ2v) is 12.1. The Labute approximate surface area is 226 Å². The Bertz CT molecular complexity index is 1660. The minimum Gasteiger partial charge on any atom is -0.457 e. The molecule has 1 aliphatic heterocycles. The van der Waals surface area contributed by atoms with Gasteiger partial charge in [-0.05, 0) is 75.4 Å². The summed E-state index contributed by atoms with van der Waals surface area (Å²) >= 11 is 0. The van der Waals surface area contributed by atoms with Gasteiger partial charge in [-0.2, -0.15) is 0 Å². The van der Waals surface area contributed by atoms with E-state index in [-0.39, 0.29) is 18.3 Å². The highest BCUT2D eigenvalue weighted by Crippen LogP contribution is 2.43. The minimum absolute atomic E-state index is 0.125. The van der Waals surface area contributed by atoms with Gasteiger partial charge in [0.2, 0.25) is 10.0 Å². The molecule has 1 amide bonds. The summed E-state index contributed by atoms with van der Waals surface area (Å²) in [6, 6.07) is 16.1. The van der Waals surface area contributed by atoms with Crippen LogP contribution in [0.4, 0.5) is 10.1 Å². The van der Waals surface area contributed by atoms with Crippen molar-refractivity contribution in [2.45, 2.75) is 32.5 Å². The van der Waals surface area contributed by atoms with Crippen LogP contribution in [0.1, 0.15) is 42.8 Å². The quantitative estimate of drug-likeness (QED) is 0.325. The van der Waals surface area contributed by atoms with E-state index >= 15 is 0 Å². The average Bonchev–Trinajstić information content (AvgIpc) is 3.20. The molecule has 0 saturated carbocycles. The lowest BCUT2D eigenvalue weighted by atomic mass is 10.0. The van der Waals surface area contributed by atoms with Crippen molar-refractivity contribution in [3.05, 3.63) is 77.6 Å². The Morgan fingerprint density at radius 2 is 1.69 bits per heavy atom. The fourth-order valence-electron chi connectivity index (χ4n) is 4.86. The molecule has 1 N–H and O–H groups in total. The molecule has 2 heterocycles. The van der Waals surface area contributed by atoms with Crippen LogP contribution >= 0.6 is 0 Å². The molecule has 10 heteroatoms. The standard InChI is InChI=1S/C29H29FN2O6S/c1-17-22-14-23-25(15-24(22)32(39(5,34)35)16-29(2,3)38-17)37-27(26(23)28(33)31-4)18-6-10-20(11-7-18)36-21-12-8-19(30)9-13-21/h6-15,17H,16H2,1-5H3,(H,31,33)/t17-/m0/s1. The van der Waals surface area contributed by atoms with E-state index in [1.54, 1.807) is 36.4 Å². The number of nitrogens with one attached hydrogen (secondary N) is 1. The monoisotopic (exact) mass is 552 g/mol. The molecular formula is C29H29FN2O6S. The summed E-state index contributed by atoms with van der Waals surface area (Å²) in [5, 5.41) is 3.22. The first-order chi connectivity index (χ1) is 18.4. The highest BCUT2D eigenvalue weighted by molar-refractivity contribution is 7.92.